The molecule has 134 valence electrons. The van der Waals surface area contributed by atoms with Gasteiger partial charge < -0.3 is 5.32 Å². The van der Waals surface area contributed by atoms with Gasteiger partial charge in [-0.25, -0.2) is 14.6 Å². The molecule has 0 saturated carbocycles. The van der Waals surface area contributed by atoms with E-state index in [4.69, 9.17) is 0 Å². The number of aromatic amines is 2. The Labute approximate surface area is 152 Å². The molecule has 3 N–H and O–H groups in total. The SMILES string of the molecule is O=C(NCc1nc(-c2cnccn2)n[nH]1)c1cc(=O)n(-c2ccccc2)[nH]1. The van der Waals surface area contributed by atoms with Crippen LogP contribution in [0.3, 0.4) is 0 Å². The van der Waals surface area contributed by atoms with E-state index in [-0.39, 0.29) is 17.8 Å². The maximum Gasteiger partial charge on any atom is 0.271 e. The van der Waals surface area contributed by atoms with Gasteiger partial charge in [0.25, 0.3) is 11.5 Å². The smallest absolute Gasteiger partial charge is 0.271 e. The minimum absolute atomic E-state index is 0.116. The number of para-hydroxylation sites is 1. The molecule has 4 aromatic rings. The molecule has 27 heavy (non-hydrogen) atoms. The first-order valence-electron chi connectivity index (χ1n) is 8.04. The molecule has 3 aromatic heterocycles. The number of H-pyrrole nitrogens is 2. The van der Waals surface area contributed by atoms with E-state index >= 15 is 0 Å². The highest BCUT2D eigenvalue weighted by Crippen LogP contribution is 2.08. The van der Waals surface area contributed by atoms with E-state index in [0.29, 0.717) is 23.0 Å². The number of carbonyl (C=O) groups excluding carboxylic acids is 1. The molecule has 0 spiro atoms. The van der Waals surface area contributed by atoms with Crippen LogP contribution in [0.5, 0.6) is 0 Å². The van der Waals surface area contributed by atoms with Crippen molar-refractivity contribution in [2.24, 2.45) is 0 Å². The highest BCUT2D eigenvalue weighted by atomic mass is 16.2. The third-order valence-electron chi connectivity index (χ3n) is 3.72. The summed E-state index contributed by atoms with van der Waals surface area (Å²) in [6, 6.07) is 10.2. The molecular formula is C17H14N8O2. The largest absolute Gasteiger partial charge is 0.343 e. The van der Waals surface area contributed by atoms with E-state index in [1.165, 1.54) is 10.7 Å². The lowest BCUT2D eigenvalue weighted by molar-refractivity contribution is 0.0944. The zero-order chi connectivity index (χ0) is 18.6. The second-order valence-electron chi connectivity index (χ2n) is 5.56. The summed E-state index contributed by atoms with van der Waals surface area (Å²) in [7, 11) is 0. The molecule has 0 aliphatic rings. The fraction of sp³-hybridized carbons (Fsp3) is 0.0588. The van der Waals surface area contributed by atoms with E-state index in [2.05, 4.69) is 35.6 Å². The van der Waals surface area contributed by atoms with Crippen molar-refractivity contribution < 1.29 is 4.79 Å². The maximum absolute atomic E-state index is 12.3. The number of benzene rings is 1. The lowest BCUT2D eigenvalue weighted by Crippen LogP contribution is -2.24. The van der Waals surface area contributed by atoms with Gasteiger partial charge in [-0.05, 0) is 12.1 Å². The summed E-state index contributed by atoms with van der Waals surface area (Å²) in [5, 5.41) is 12.2. The molecule has 0 bridgehead atoms. The lowest BCUT2D eigenvalue weighted by atomic mass is 10.3. The molecule has 10 heteroatoms. The predicted molar refractivity (Wildman–Crippen MR) is 95.0 cm³/mol. The number of hydrogen-bond acceptors (Lipinski definition) is 6. The van der Waals surface area contributed by atoms with Crippen molar-refractivity contribution in [1.82, 2.24) is 40.2 Å². The molecule has 0 unspecified atom stereocenters. The molecule has 1 aromatic carbocycles. The molecular weight excluding hydrogens is 348 g/mol. The van der Waals surface area contributed by atoms with Gasteiger partial charge in [-0.3, -0.25) is 24.8 Å². The standard InChI is InChI=1S/C17H14N8O2/c26-15-8-12(24-25(15)11-4-2-1-3-5-11)17(27)20-10-14-21-16(23-22-14)13-9-18-6-7-19-13/h1-9,24H,10H2,(H,20,27)(H,21,22,23). The molecule has 0 aliphatic carbocycles. The molecule has 0 saturated heterocycles. The fourth-order valence-electron chi connectivity index (χ4n) is 2.44. The number of aromatic nitrogens is 7. The highest BCUT2D eigenvalue weighted by Gasteiger charge is 2.13. The van der Waals surface area contributed by atoms with Gasteiger partial charge in [-0.2, -0.15) is 5.10 Å². The number of carbonyl (C=O) groups is 1. The van der Waals surface area contributed by atoms with E-state index in [9.17, 15) is 9.59 Å². The van der Waals surface area contributed by atoms with Gasteiger partial charge in [0.1, 0.15) is 17.2 Å². The van der Waals surface area contributed by atoms with Crippen LogP contribution < -0.4 is 10.9 Å². The summed E-state index contributed by atoms with van der Waals surface area (Å²) in [5.41, 5.74) is 0.995. The van der Waals surface area contributed by atoms with E-state index < -0.39 is 5.91 Å². The van der Waals surface area contributed by atoms with Gasteiger partial charge in [0.2, 0.25) is 5.82 Å². The van der Waals surface area contributed by atoms with Crippen LogP contribution in [-0.4, -0.2) is 40.8 Å². The quantitative estimate of drug-likeness (QED) is 0.478. The first-order valence-corrected chi connectivity index (χ1v) is 8.04. The molecule has 10 nitrogen and oxygen atoms in total. The van der Waals surface area contributed by atoms with E-state index in [1.54, 1.807) is 42.9 Å². The van der Waals surface area contributed by atoms with Crippen molar-refractivity contribution in [3.05, 3.63) is 76.9 Å². The molecule has 4 rings (SSSR count). The zero-order valence-corrected chi connectivity index (χ0v) is 14.0. The van der Waals surface area contributed by atoms with Crippen molar-refractivity contribution in [2.45, 2.75) is 6.54 Å². The molecule has 0 radical (unpaired) electrons. The Kier molecular flexibility index (Phi) is 4.27. The van der Waals surface area contributed by atoms with Crippen LogP contribution in [0.25, 0.3) is 17.2 Å². The molecule has 0 atom stereocenters. The first kappa shape index (κ1) is 16.4. The summed E-state index contributed by atoms with van der Waals surface area (Å²) in [6.45, 7) is 0.116. The Morgan fingerprint density at radius 1 is 1.19 bits per heavy atom. The van der Waals surface area contributed by atoms with Crippen LogP contribution in [0.1, 0.15) is 16.3 Å². The van der Waals surface area contributed by atoms with Crippen molar-refractivity contribution in [3.63, 3.8) is 0 Å². The Hall–Kier alpha value is -4.08. The second kappa shape index (κ2) is 7.04. The third-order valence-corrected chi connectivity index (χ3v) is 3.72. The maximum atomic E-state index is 12.3. The monoisotopic (exact) mass is 362 g/mol. The number of rotatable bonds is 5. The van der Waals surface area contributed by atoms with Crippen molar-refractivity contribution >= 4 is 5.91 Å². The Morgan fingerprint density at radius 2 is 2.04 bits per heavy atom. The molecule has 3 heterocycles. The minimum Gasteiger partial charge on any atom is -0.343 e. The van der Waals surface area contributed by atoms with Crippen molar-refractivity contribution in [3.8, 4) is 17.2 Å². The Morgan fingerprint density at radius 3 is 2.81 bits per heavy atom. The van der Waals surface area contributed by atoms with Crippen molar-refractivity contribution in [1.29, 1.82) is 0 Å². The average molecular weight is 362 g/mol. The average Bonchev–Trinajstić information content (AvgIpc) is 3.34. The number of amides is 1. The third kappa shape index (κ3) is 3.49. The van der Waals surface area contributed by atoms with Crippen LogP contribution >= 0.6 is 0 Å². The van der Waals surface area contributed by atoms with Crippen LogP contribution in [-0.2, 0) is 6.54 Å². The second-order valence-corrected chi connectivity index (χ2v) is 5.56. The molecule has 1 amide bonds. The van der Waals surface area contributed by atoms with Crippen LogP contribution in [0.15, 0.2) is 59.8 Å². The van der Waals surface area contributed by atoms with Gasteiger partial charge in [0.15, 0.2) is 0 Å². The van der Waals surface area contributed by atoms with Gasteiger partial charge in [-0.1, -0.05) is 18.2 Å². The number of hydrogen-bond donors (Lipinski definition) is 3. The lowest BCUT2D eigenvalue weighted by Gasteiger charge is -2.02. The van der Waals surface area contributed by atoms with E-state index in [1.807, 2.05) is 6.07 Å². The fourth-order valence-corrected chi connectivity index (χ4v) is 2.44. The highest BCUT2D eigenvalue weighted by molar-refractivity contribution is 5.92. The number of nitrogens with one attached hydrogen (secondary N) is 3. The Bertz CT molecular complexity index is 1110. The predicted octanol–water partition coefficient (Wildman–Crippen LogP) is 0.671. The molecule has 0 fully saturated rings. The normalized spacial score (nSPS) is 10.7. The van der Waals surface area contributed by atoms with Crippen LogP contribution in [0, 0.1) is 0 Å². The summed E-state index contributed by atoms with van der Waals surface area (Å²) in [6.07, 6.45) is 4.64. The summed E-state index contributed by atoms with van der Waals surface area (Å²) >= 11 is 0. The van der Waals surface area contributed by atoms with Gasteiger partial charge in [0.05, 0.1) is 18.4 Å². The molecule has 0 aliphatic heterocycles. The number of nitrogens with zero attached hydrogens (tertiary/aromatic N) is 5. The van der Waals surface area contributed by atoms with Gasteiger partial charge >= 0.3 is 0 Å². The summed E-state index contributed by atoms with van der Waals surface area (Å²) in [4.78, 5) is 36.7. The van der Waals surface area contributed by atoms with Crippen LogP contribution in [0.4, 0.5) is 0 Å². The summed E-state index contributed by atoms with van der Waals surface area (Å²) < 4.78 is 1.30. The van der Waals surface area contributed by atoms with E-state index in [0.717, 1.165) is 0 Å². The summed E-state index contributed by atoms with van der Waals surface area (Å²) in [5.74, 6) is 0.407. The van der Waals surface area contributed by atoms with Gasteiger partial charge in [0, 0.05) is 18.5 Å². The Balaban J connectivity index is 1.45. The van der Waals surface area contributed by atoms with Gasteiger partial charge in [-0.15, -0.1) is 0 Å². The zero-order valence-electron chi connectivity index (χ0n) is 14.0. The van der Waals surface area contributed by atoms with Crippen LogP contribution in [0.2, 0.25) is 0 Å². The topological polar surface area (TPSA) is 134 Å². The van der Waals surface area contributed by atoms with Crippen molar-refractivity contribution in [2.75, 3.05) is 0 Å². The first-order chi connectivity index (χ1) is 13.2. The minimum atomic E-state index is -0.431.